The molecule has 0 spiro atoms. The Bertz CT molecular complexity index is 1970. The minimum Gasteiger partial charge on any atom is -0.394 e. The standard InChI is InChI=1S/C60H101N3O23S/c1-70-60(58-4-2-3-5-59(58)87(67,68)69,54-6-10-56(11-7-54)62(15-23-72-31-39-80-47-46-79-38-30-71-22-14-61)16-24-73-32-40-81-48-51-84-43-35-76-27-19-64)55-8-12-57(13-9-55)63(17-25-74-33-41-82-49-52-85-44-36-77-28-20-65)18-26-75-34-42-83-50-53-86-45-37-78-29-21-66/h2-13,64-66H,14-53,61H2,1H3,(H,67,68,69). The highest BCUT2D eigenvalue weighted by atomic mass is 32.2. The second-order valence-corrected chi connectivity index (χ2v) is 20.1. The van der Waals surface area contributed by atoms with Gasteiger partial charge in [0, 0.05) is 56.8 Å². The van der Waals surface area contributed by atoms with Gasteiger partial charge in [0.25, 0.3) is 10.1 Å². The van der Waals surface area contributed by atoms with Gasteiger partial charge >= 0.3 is 0 Å². The molecule has 87 heavy (non-hydrogen) atoms. The first-order chi connectivity index (χ1) is 42.8. The van der Waals surface area contributed by atoms with Gasteiger partial charge in [-0.25, -0.2) is 0 Å². The van der Waals surface area contributed by atoms with Gasteiger partial charge in [0.1, 0.15) is 10.5 Å². The minimum absolute atomic E-state index is 0.0329. The van der Waals surface area contributed by atoms with E-state index < -0.39 is 15.7 Å². The number of methoxy groups -OCH3 is 1. The van der Waals surface area contributed by atoms with Gasteiger partial charge in [0.05, 0.1) is 231 Å². The molecule has 0 aromatic heterocycles. The molecule has 0 amide bonds. The van der Waals surface area contributed by atoms with E-state index >= 15 is 0 Å². The Kier molecular flexibility index (Phi) is 47.3. The van der Waals surface area contributed by atoms with Gasteiger partial charge in [-0.3, -0.25) is 4.55 Å². The highest BCUT2D eigenvalue weighted by Crippen LogP contribution is 2.43. The van der Waals surface area contributed by atoms with Crippen LogP contribution in [0.1, 0.15) is 16.7 Å². The molecule has 0 radical (unpaired) electrons. The summed E-state index contributed by atoms with van der Waals surface area (Å²) in [5.74, 6) is 0. The molecule has 0 saturated carbocycles. The molecular formula is C60H101N3O23S. The van der Waals surface area contributed by atoms with E-state index in [1.165, 1.54) is 13.2 Å². The van der Waals surface area contributed by atoms with Crippen molar-refractivity contribution in [2.45, 2.75) is 10.5 Å². The number of rotatable bonds is 63. The summed E-state index contributed by atoms with van der Waals surface area (Å²) in [5, 5.41) is 26.5. The van der Waals surface area contributed by atoms with E-state index in [1.54, 1.807) is 18.2 Å². The summed E-state index contributed by atoms with van der Waals surface area (Å²) in [4.78, 5) is 3.94. The van der Waals surface area contributed by atoms with E-state index in [1.807, 2.05) is 48.5 Å². The Hall–Kier alpha value is -3.67. The SMILES string of the molecule is COC(c1ccc(N(CCOCCOCCOCCOCCN)CCOCCOCCOCCOCCO)cc1)(c1ccc(N(CCOCCOCCOCCOCCO)CCOCCOCCOCCOCCO)cc1)c1ccccc1S(=O)(=O)O. The molecule has 0 heterocycles. The van der Waals surface area contributed by atoms with E-state index in [9.17, 15) is 13.0 Å². The van der Waals surface area contributed by atoms with Crippen molar-refractivity contribution in [3.05, 3.63) is 89.5 Å². The highest BCUT2D eigenvalue weighted by molar-refractivity contribution is 7.85. The monoisotopic (exact) mass is 1260 g/mol. The van der Waals surface area contributed by atoms with Crippen LogP contribution in [0.2, 0.25) is 0 Å². The number of nitrogens with zero attached hydrogens (tertiary/aromatic N) is 2. The zero-order chi connectivity index (χ0) is 62.4. The first-order valence-electron chi connectivity index (χ1n) is 29.9. The average Bonchev–Trinajstić information content (AvgIpc) is 0.840. The normalized spacial score (nSPS) is 12.5. The summed E-state index contributed by atoms with van der Waals surface area (Å²) in [7, 11) is -3.24. The largest absolute Gasteiger partial charge is 0.394 e. The van der Waals surface area contributed by atoms with E-state index in [-0.39, 0.29) is 50.1 Å². The molecule has 26 nitrogen and oxygen atoms in total. The second kappa shape index (κ2) is 53.0. The minimum atomic E-state index is -4.75. The van der Waals surface area contributed by atoms with Crippen LogP contribution in [0, 0.1) is 0 Å². The zero-order valence-electron chi connectivity index (χ0n) is 51.1. The van der Waals surface area contributed by atoms with Gasteiger partial charge in [0.15, 0.2) is 0 Å². The number of nitrogens with two attached hydrogens (primary N) is 1. The quantitative estimate of drug-likeness (QED) is 0.0305. The van der Waals surface area contributed by atoms with Crippen molar-refractivity contribution in [3.63, 3.8) is 0 Å². The fraction of sp³-hybridized carbons (Fsp3) is 0.700. The summed E-state index contributed by atoms with van der Waals surface area (Å²) in [5.41, 5.74) is 6.97. The lowest BCUT2D eigenvalue weighted by Crippen LogP contribution is -2.34. The van der Waals surface area contributed by atoms with Crippen molar-refractivity contribution in [1.82, 2.24) is 0 Å². The van der Waals surface area contributed by atoms with Crippen LogP contribution >= 0.6 is 0 Å². The maximum absolute atomic E-state index is 13.2. The van der Waals surface area contributed by atoms with Crippen LogP contribution in [0.3, 0.4) is 0 Å². The maximum atomic E-state index is 13.2. The van der Waals surface area contributed by atoms with Crippen LogP contribution in [0.4, 0.5) is 11.4 Å². The molecule has 6 N–H and O–H groups in total. The van der Waals surface area contributed by atoms with Gasteiger partial charge in [-0.2, -0.15) is 8.42 Å². The fourth-order valence-electron chi connectivity index (χ4n) is 8.38. The zero-order valence-corrected chi connectivity index (χ0v) is 52.0. The van der Waals surface area contributed by atoms with Crippen LogP contribution in [0.15, 0.2) is 77.7 Å². The average molecular weight is 1260 g/mol. The molecule has 500 valence electrons. The number of hydrogen-bond acceptors (Lipinski definition) is 25. The fourth-order valence-corrected chi connectivity index (χ4v) is 9.12. The van der Waals surface area contributed by atoms with Crippen LogP contribution < -0.4 is 15.5 Å². The number of aliphatic hydroxyl groups is 3. The van der Waals surface area contributed by atoms with Gasteiger partial charge in [-0.05, 0) is 41.5 Å². The third kappa shape index (κ3) is 35.5. The Morgan fingerprint density at radius 2 is 0.598 bits per heavy atom. The predicted octanol–water partition coefficient (Wildman–Crippen LogP) is 1.69. The molecule has 3 aromatic carbocycles. The molecule has 0 fully saturated rings. The molecule has 3 rings (SSSR count). The van der Waals surface area contributed by atoms with E-state index in [2.05, 4.69) is 9.80 Å². The van der Waals surface area contributed by atoms with Gasteiger partial charge in [0.2, 0.25) is 0 Å². The van der Waals surface area contributed by atoms with Gasteiger partial charge in [-0.15, -0.1) is 0 Å². The van der Waals surface area contributed by atoms with Crippen molar-refractivity contribution in [1.29, 1.82) is 0 Å². The van der Waals surface area contributed by atoms with Crippen LogP contribution in [0.5, 0.6) is 0 Å². The van der Waals surface area contributed by atoms with Crippen molar-refractivity contribution in [3.8, 4) is 0 Å². The molecule has 0 bridgehead atoms. The van der Waals surface area contributed by atoms with E-state index in [0.29, 0.717) is 235 Å². The molecule has 1 atom stereocenters. The third-order valence-corrected chi connectivity index (χ3v) is 13.5. The van der Waals surface area contributed by atoms with E-state index in [4.69, 9.17) is 102 Å². The summed E-state index contributed by atoms with van der Waals surface area (Å²) in [6, 6.07) is 21.5. The molecule has 27 heteroatoms. The molecule has 3 aromatic rings. The second-order valence-electron chi connectivity index (χ2n) is 18.7. The van der Waals surface area contributed by atoms with Crippen molar-refractivity contribution in [2.24, 2.45) is 5.73 Å². The van der Waals surface area contributed by atoms with Crippen molar-refractivity contribution >= 4 is 21.5 Å². The number of ether oxygens (including phenoxy) is 17. The van der Waals surface area contributed by atoms with Gasteiger partial charge < -0.3 is 111 Å². The number of anilines is 2. The van der Waals surface area contributed by atoms with E-state index in [0.717, 1.165) is 11.4 Å². The molecule has 0 aliphatic carbocycles. The molecule has 0 aliphatic heterocycles. The number of hydrogen-bond donors (Lipinski definition) is 5. The molecule has 0 saturated heterocycles. The van der Waals surface area contributed by atoms with Gasteiger partial charge in [-0.1, -0.05) is 42.5 Å². The molecule has 1 unspecified atom stereocenters. The molecular weight excluding hydrogens is 1160 g/mol. The van der Waals surface area contributed by atoms with Crippen molar-refractivity contribution in [2.75, 3.05) is 281 Å². The highest BCUT2D eigenvalue weighted by Gasteiger charge is 2.40. The Morgan fingerprint density at radius 1 is 0.356 bits per heavy atom. The van der Waals surface area contributed by atoms with Crippen molar-refractivity contribution < 1.29 is 109 Å². The lowest BCUT2D eigenvalue weighted by Gasteiger charge is -2.36. The smallest absolute Gasteiger partial charge is 0.294 e. The third-order valence-electron chi connectivity index (χ3n) is 12.6. The summed E-state index contributed by atoms with van der Waals surface area (Å²) in [6.45, 7) is 14.7. The number of benzene rings is 3. The summed E-state index contributed by atoms with van der Waals surface area (Å²) in [6.07, 6.45) is 0. The molecule has 0 aliphatic rings. The topological polar surface area (TPSA) is 304 Å². The lowest BCUT2D eigenvalue weighted by atomic mass is 9.79. The first kappa shape index (κ1) is 77.6. The van der Waals surface area contributed by atoms with Crippen LogP contribution in [-0.2, 0) is 96.2 Å². The Labute approximate surface area is 515 Å². The van der Waals surface area contributed by atoms with Crippen LogP contribution in [-0.4, -0.2) is 299 Å². The Balaban J connectivity index is 1.80. The first-order valence-corrected chi connectivity index (χ1v) is 31.3. The predicted molar refractivity (Wildman–Crippen MR) is 324 cm³/mol. The summed E-state index contributed by atoms with van der Waals surface area (Å²) < 4.78 is 133. The lowest BCUT2D eigenvalue weighted by molar-refractivity contribution is -0.00591. The summed E-state index contributed by atoms with van der Waals surface area (Å²) >= 11 is 0. The number of aliphatic hydroxyl groups excluding tert-OH is 3. The van der Waals surface area contributed by atoms with Crippen LogP contribution in [0.25, 0.3) is 0 Å². The maximum Gasteiger partial charge on any atom is 0.294 e. The Morgan fingerprint density at radius 3 is 0.839 bits per heavy atom.